The van der Waals surface area contributed by atoms with Gasteiger partial charge in [0.2, 0.25) is 5.89 Å². The van der Waals surface area contributed by atoms with Crippen LogP contribution < -0.4 is 16.0 Å². The highest BCUT2D eigenvalue weighted by atomic mass is 16.6. The number of rotatable bonds is 5. The van der Waals surface area contributed by atoms with Crippen molar-refractivity contribution in [2.45, 2.75) is 59.2 Å². The minimum absolute atomic E-state index is 0.386. The second-order valence-electron chi connectivity index (χ2n) is 7.02. The Kier molecular flexibility index (Phi) is 6.56. The van der Waals surface area contributed by atoms with Crippen LogP contribution in [0, 0.1) is 6.92 Å². The summed E-state index contributed by atoms with van der Waals surface area (Å²) in [5.74, 6) is 1.62. The zero-order valence-electron chi connectivity index (χ0n) is 15.5. The summed E-state index contributed by atoms with van der Waals surface area (Å²) in [7, 11) is 1.66. The van der Waals surface area contributed by atoms with Crippen molar-refractivity contribution in [3.63, 3.8) is 0 Å². The molecule has 1 aromatic heterocycles. The maximum Gasteiger partial charge on any atom is 0.408 e. The lowest BCUT2D eigenvalue weighted by Crippen LogP contribution is -2.54. The molecule has 1 rings (SSSR count). The van der Waals surface area contributed by atoms with E-state index in [9.17, 15) is 4.79 Å². The fourth-order valence-electron chi connectivity index (χ4n) is 1.73. The molecule has 1 heterocycles. The van der Waals surface area contributed by atoms with Gasteiger partial charge >= 0.3 is 6.09 Å². The first-order valence-corrected chi connectivity index (χ1v) is 7.75. The topological polar surface area (TPSA) is 114 Å². The number of aliphatic imine (C=N–C) groups is 1. The van der Waals surface area contributed by atoms with Crippen LogP contribution in [0.5, 0.6) is 0 Å². The van der Waals surface area contributed by atoms with Crippen molar-refractivity contribution >= 4 is 12.1 Å². The molecule has 9 heteroatoms. The van der Waals surface area contributed by atoms with Crippen molar-refractivity contribution in [1.29, 1.82) is 0 Å². The average Bonchev–Trinajstić information content (AvgIpc) is 2.81. The number of guanidine groups is 1. The lowest BCUT2D eigenvalue weighted by atomic mass is 10.1. The first-order valence-electron chi connectivity index (χ1n) is 7.75. The minimum Gasteiger partial charge on any atom is -0.444 e. The first-order chi connectivity index (χ1) is 11.0. The van der Waals surface area contributed by atoms with Crippen molar-refractivity contribution in [3.8, 4) is 0 Å². The maximum atomic E-state index is 11.9. The van der Waals surface area contributed by atoms with Gasteiger partial charge in [-0.3, -0.25) is 4.99 Å². The summed E-state index contributed by atoms with van der Waals surface area (Å²) in [6.45, 7) is 11.8. The molecule has 0 spiro atoms. The first kappa shape index (κ1) is 19.7. The number of hydrogen-bond acceptors (Lipinski definition) is 6. The normalized spacial score (nSPS) is 12.7. The number of nitrogens with zero attached hydrogens (tertiary/aromatic N) is 3. The fourth-order valence-corrected chi connectivity index (χ4v) is 1.73. The van der Waals surface area contributed by atoms with Crippen LogP contribution in [0.4, 0.5) is 4.79 Å². The van der Waals surface area contributed by atoms with Gasteiger partial charge in [0, 0.05) is 20.5 Å². The van der Waals surface area contributed by atoms with Crippen LogP contribution in [0.1, 0.15) is 46.3 Å². The summed E-state index contributed by atoms with van der Waals surface area (Å²) in [5.41, 5.74) is -1.06. The second-order valence-corrected chi connectivity index (χ2v) is 7.02. The van der Waals surface area contributed by atoms with E-state index in [1.54, 1.807) is 14.0 Å². The summed E-state index contributed by atoms with van der Waals surface area (Å²) in [5, 5.41) is 12.8. The lowest BCUT2D eigenvalue weighted by Gasteiger charge is -2.29. The average molecular weight is 340 g/mol. The summed E-state index contributed by atoms with van der Waals surface area (Å²) in [4.78, 5) is 20.1. The quantitative estimate of drug-likeness (QED) is 0.547. The largest absolute Gasteiger partial charge is 0.444 e. The molecule has 0 aromatic carbocycles. The van der Waals surface area contributed by atoms with Gasteiger partial charge in [-0.05, 0) is 34.6 Å². The van der Waals surface area contributed by atoms with Crippen molar-refractivity contribution in [2.75, 3.05) is 13.6 Å². The molecular weight excluding hydrogens is 312 g/mol. The van der Waals surface area contributed by atoms with Crippen LogP contribution in [0.2, 0.25) is 0 Å². The number of aryl methyl sites for hydroxylation is 1. The number of ether oxygens (including phenoxy) is 1. The Bertz CT molecular complexity index is 574. The number of hydrogen-bond donors (Lipinski definition) is 3. The van der Waals surface area contributed by atoms with E-state index in [1.165, 1.54) is 0 Å². The molecular formula is C15H28N6O3. The molecule has 136 valence electrons. The van der Waals surface area contributed by atoms with E-state index in [2.05, 4.69) is 31.1 Å². The Morgan fingerprint density at radius 3 is 2.42 bits per heavy atom. The SMILES string of the molecule is CN=C(NCc1noc(C)n1)NCC(C)(C)NC(=O)OC(C)(C)C. The molecule has 0 aliphatic rings. The van der Waals surface area contributed by atoms with E-state index in [4.69, 9.17) is 9.26 Å². The van der Waals surface area contributed by atoms with Crippen molar-refractivity contribution < 1.29 is 14.1 Å². The van der Waals surface area contributed by atoms with Gasteiger partial charge in [0.05, 0.1) is 12.1 Å². The number of alkyl carbamates (subject to hydrolysis) is 1. The molecule has 0 aliphatic carbocycles. The smallest absolute Gasteiger partial charge is 0.408 e. The van der Waals surface area contributed by atoms with Gasteiger partial charge in [-0.2, -0.15) is 4.98 Å². The highest BCUT2D eigenvalue weighted by Crippen LogP contribution is 2.09. The third kappa shape index (κ3) is 7.80. The van der Waals surface area contributed by atoms with Gasteiger partial charge < -0.3 is 25.2 Å². The zero-order valence-corrected chi connectivity index (χ0v) is 15.5. The van der Waals surface area contributed by atoms with E-state index in [0.717, 1.165) is 0 Å². The van der Waals surface area contributed by atoms with E-state index in [-0.39, 0.29) is 0 Å². The van der Waals surface area contributed by atoms with Crippen LogP contribution in [0.15, 0.2) is 9.52 Å². The highest BCUT2D eigenvalue weighted by molar-refractivity contribution is 5.79. The molecule has 24 heavy (non-hydrogen) atoms. The van der Waals surface area contributed by atoms with E-state index in [1.807, 2.05) is 34.6 Å². The van der Waals surface area contributed by atoms with Crippen LogP contribution in [0.25, 0.3) is 0 Å². The molecule has 0 fully saturated rings. The zero-order chi connectivity index (χ0) is 18.4. The van der Waals surface area contributed by atoms with Crippen molar-refractivity contribution in [2.24, 2.45) is 4.99 Å². The predicted molar refractivity (Wildman–Crippen MR) is 90.7 cm³/mol. The Balaban J connectivity index is 2.44. The molecule has 3 N–H and O–H groups in total. The standard InChI is InChI=1S/C15H28N6O3/c1-10-19-11(21-24-10)8-17-12(16-7)18-9-15(5,6)20-13(22)23-14(2,3)4/h8-9H2,1-7H3,(H,20,22)(H2,16,17,18). The van der Waals surface area contributed by atoms with Crippen LogP contribution in [-0.4, -0.2) is 46.9 Å². The third-order valence-corrected chi connectivity index (χ3v) is 2.74. The molecule has 0 saturated heterocycles. The summed E-state index contributed by atoms with van der Waals surface area (Å²) >= 11 is 0. The minimum atomic E-state index is -0.534. The van der Waals surface area contributed by atoms with Gasteiger partial charge in [0.15, 0.2) is 11.8 Å². The molecule has 0 atom stereocenters. The van der Waals surface area contributed by atoms with E-state index < -0.39 is 17.2 Å². The Hall–Kier alpha value is -2.32. The van der Waals surface area contributed by atoms with E-state index in [0.29, 0.717) is 30.8 Å². The summed E-state index contributed by atoms with van der Waals surface area (Å²) < 4.78 is 10.2. The molecule has 0 radical (unpaired) electrons. The number of carbonyl (C=O) groups excluding carboxylic acids is 1. The molecule has 0 aliphatic heterocycles. The van der Waals surface area contributed by atoms with Gasteiger partial charge in [0.25, 0.3) is 0 Å². The fraction of sp³-hybridized carbons (Fsp3) is 0.733. The number of aromatic nitrogens is 2. The Morgan fingerprint density at radius 2 is 1.92 bits per heavy atom. The van der Waals surface area contributed by atoms with Gasteiger partial charge in [-0.25, -0.2) is 4.79 Å². The molecule has 0 bridgehead atoms. The monoisotopic (exact) mass is 340 g/mol. The predicted octanol–water partition coefficient (Wildman–Crippen LogP) is 1.35. The summed E-state index contributed by atoms with van der Waals surface area (Å²) in [6, 6.07) is 0. The third-order valence-electron chi connectivity index (χ3n) is 2.74. The molecule has 1 aromatic rings. The van der Waals surface area contributed by atoms with Crippen LogP contribution in [-0.2, 0) is 11.3 Å². The highest BCUT2D eigenvalue weighted by Gasteiger charge is 2.24. The Morgan fingerprint density at radius 1 is 1.25 bits per heavy atom. The molecule has 0 saturated carbocycles. The second kappa shape index (κ2) is 7.98. The van der Waals surface area contributed by atoms with Crippen LogP contribution in [0.3, 0.4) is 0 Å². The lowest BCUT2D eigenvalue weighted by molar-refractivity contribution is 0.0474. The van der Waals surface area contributed by atoms with Crippen LogP contribution >= 0.6 is 0 Å². The van der Waals surface area contributed by atoms with E-state index >= 15 is 0 Å². The van der Waals surface area contributed by atoms with Gasteiger partial charge in [-0.15, -0.1) is 0 Å². The van der Waals surface area contributed by atoms with Crippen molar-refractivity contribution in [3.05, 3.63) is 11.7 Å². The molecule has 1 amide bonds. The molecule has 0 unspecified atom stereocenters. The van der Waals surface area contributed by atoms with Gasteiger partial charge in [0.1, 0.15) is 5.60 Å². The number of amides is 1. The van der Waals surface area contributed by atoms with Crippen molar-refractivity contribution in [1.82, 2.24) is 26.1 Å². The Labute approximate surface area is 142 Å². The number of nitrogens with one attached hydrogen (secondary N) is 3. The maximum absolute atomic E-state index is 11.9. The summed E-state index contributed by atoms with van der Waals surface area (Å²) in [6.07, 6.45) is -0.459. The van der Waals surface area contributed by atoms with Gasteiger partial charge in [-0.1, -0.05) is 5.16 Å². The molecule has 9 nitrogen and oxygen atoms in total. The number of carbonyl (C=O) groups is 1.